The molecule has 36 heavy (non-hydrogen) atoms. The van der Waals surface area contributed by atoms with Crippen molar-refractivity contribution in [3.8, 4) is 5.75 Å². The number of nitrogens with one attached hydrogen (secondary N) is 2. The number of benzene rings is 2. The van der Waals surface area contributed by atoms with Crippen LogP contribution in [0.4, 0.5) is 13.2 Å². The zero-order chi connectivity index (χ0) is 25.5. The third-order valence-corrected chi connectivity index (χ3v) is 6.87. The average molecular weight is 497 g/mol. The van der Waals surface area contributed by atoms with Crippen LogP contribution < -0.4 is 10.1 Å². The molecule has 2 N–H and O–H groups in total. The highest BCUT2D eigenvalue weighted by atomic mass is 19.4. The summed E-state index contributed by atoms with van der Waals surface area (Å²) in [6.45, 7) is 3.81. The first-order valence-electron chi connectivity index (χ1n) is 12.0. The summed E-state index contributed by atoms with van der Waals surface area (Å²) < 4.78 is 42.8. The summed E-state index contributed by atoms with van der Waals surface area (Å²) in [4.78, 5) is 18.0. The predicted octanol–water partition coefficient (Wildman–Crippen LogP) is 5.42. The summed E-state index contributed by atoms with van der Waals surface area (Å²) in [7, 11) is 0. The van der Waals surface area contributed by atoms with E-state index in [9.17, 15) is 18.0 Å². The van der Waals surface area contributed by atoms with E-state index in [1.165, 1.54) is 0 Å². The predicted molar refractivity (Wildman–Crippen MR) is 129 cm³/mol. The van der Waals surface area contributed by atoms with Gasteiger partial charge in [-0.3, -0.25) is 9.89 Å². The van der Waals surface area contributed by atoms with Crippen molar-refractivity contribution in [1.29, 1.82) is 0 Å². The summed E-state index contributed by atoms with van der Waals surface area (Å²) in [5.41, 5.74) is 4.88. The van der Waals surface area contributed by atoms with Crippen molar-refractivity contribution >= 4 is 17.1 Å². The Balaban J connectivity index is 1.46. The fraction of sp³-hybridized carbons (Fsp3) is 0.370. The topological polar surface area (TPSA) is 79.9 Å². The molecule has 188 valence electrons. The summed E-state index contributed by atoms with van der Waals surface area (Å²) in [6, 6.07) is 13.7. The van der Waals surface area contributed by atoms with Crippen LogP contribution in [0.2, 0.25) is 0 Å². The van der Waals surface area contributed by atoms with Crippen molar-refractivity contribution in [2.24, 2.45) is 0 Å². The zero-order valence-corrected chi connectivity index (χ0v) is 20.1. The van der Waals surface area contributed by atoms with Gasteiger partial charge in [0.25, 0.3) is 5.91 Å². The number of fused-ring (bicyclic) bond motifs is 2. The van der Waals surface area contributed by atoms with Crippen molar-refractivity contribution in [2.75, 3.05) is 6.61 Å². The number of ether oxygens (including phenoxy) is 1. The van der Waals surface area contributed by atoms with Crippen LogP contribution in [0.3, 0.4) is 0 Å². The van der Waals surface area contributed by atoms with Gasteiger partial charge < -0.3 is 10.1 Å². The second-order valence-corrected chi connectivity index (χ2v) is 9.56. The molecular weight excluding hydrogens is 469 g/mol. The number of hydrogen-bond acceptors (Lipinski definition) is 4. The molecule has 2 aromatic carbocycles. The number of alkyl halides is 3. The molecule has 0 saturated carbocycles. The first kappa shape index (κ1) is 24.1. The van der Waals surface area contributed by atoms with Gasteiger partial charge in [-0.2, -0.15) is 18.3 Å². The van der Waals surface area contributed by atoms with Gasteiger partial charge in [0, 0.05) is 12.8 Å². The first-order chi connectivity index (χ1) is 17.1. The molecule has 3 aromatic rings. The van der Waals surface area contributed by atoms with Gasteiger partial charge in [0.15, 0.2) is 5.82 Å². The fourth-order valence-electron chi connectivity index (χ4n) is 5.14. The maximum atomic E-state index is 13.6. The van der Waals surface area contributed by atoms with E-state index in [0.29, 0.717) is 35.8 Å². The molecule has 2 heterocycles. The number of H-pyrrole nitrogens is 1. The molecule has 1 atom stereocenters. The summed E-state index contributed by atoms with van der Waals surface area (Å²) >= 11 is 0. The van der Waals surface area contributed by atoms with Crippen molar-refractivity contribution in [1.82, 2.24) is 20.5 Å². The Labute approximate surface area is 207 Å². The van der Waals surface area contributed by atoms with Crippen LogP contribution >= 0.6 is 0 Å². The summed E-state index contributed by atoms with van der Waals surface area (Å²) in [5.74, 6) is 1.32. The highest BCUT2D eigenvalue weighted by Crippen LogP contribution is 2.48. The Morgan fingerprint density at radius 1 is 1.11 bits per heavy atom. The van der Waals surface area contributed by atoms with E-state index in [4.69, 9.17) is 4.74 Å². The molecule has 1 aliphatic carbocycles. The number of aromatic amines is 1. The van der Waals surface area contributed by atoms with E-state index < -0.39 is 18.1 Å². The lowest BCUT2D eigenvalue weighted by Crippen LogP contribution is -2.48. The molecule has 0 saturated heterocycles. The van der Waals surface area contributed by atoms with E-state index in [1.54, 1.807) is 13.0 Å². The van der Waals surface area contributed by atoms with Crippen LogP contribution in [0, 0.1) is 13.8 Å². The average Bonchev–Trinajstić information content (AvgIpc) is 3.40. The Hall–Kier alpha value is -3.62. The lowest BCUT2D eigenvalue weighted by molar-refractivity contribution is -0.136. The SMILES string of the molecule is Cc1ccc(C2=C(c3n[nH]c(C)n3)C(=O)N[C@@]3(CCc4cc(OCCCC(F)(F)F)ccc43)C2)cc1. The maximum absolute atomic E-state index is 13.6. The third kappa shape index (κ3) is 4.74. The highest BCUT2D eigenvalue weighted by molar-refractivity contribution is 6.27. The summed E-state index contributed by atoms with van der Waals surface area (Å²) in [5, 5.41) is 10.3. The third-order valence-electron chi connectivity index (χ3n) is 6.87. The Morgan fingerprint density at radius 2 is 1.89 bits per heavy atom. The largest absolute Gasteiger partial charge is 0.494 e. The molecule has 0 radical (unpaired) electrons. The second-order valence-electron chi connectivity index (χ2n) is 9.56. The Morgan fingerprint density at radius 3 is 2.58 bits per heavy atom. The molecule has 6 nitrogen and oxygen atoms in total. The highest BCUT2D eigenvalue weighted by Gasteiger charge is 2.46. The van der Waals surface area contributed by atoms with Crippen LogP contribution in [0.25, 0.3) is 11.1 Å². The van der Waals surface area contributed by atoms with Crippen LogP contribution in [-0.4, -0.2) is 33.9 Å². The van der Waals surface area contributed by atoms with E-state index in [-0.39, 0.29) is 18.9 Å². The van der Waals surface area contributed by atoms with E-state index >= 15 is 0 Å². The Bertz CT molecular complexity index is 1330. The zero-order valence-electron chi connectivity index (χ0n) is 20.1. The van der Waals surface area contributed by atoms with Gasteiger partial charge in [-0.1, -0.05) is 35.9 Å². The maximum Gasteiger partial charge on any atom is 0.389 e. The molecule has 1 aliphatic heterocycles. The fourth-order valence-corrected chi connectivity index (χ4v) is 5.14. The van der Waals surface area contributed by atoms with Crippen molar-refractivity contribution in [3.63, 3.8) is 0 Å². The number of halogens is 3. The molecule has 9 heteroatoms. The van der Waals surface area contributed by atoms with Crippen molar-refractivity contribution in [2.45, 2.75) is 57.7 Å². The molecule has 0 bridgehead atoms. The van der Waals surface area contributed by atoms with Gasteiger partial charge in [0.1, 0.15) is 11.6 Å². The number of aromatic nitrogens is 3. The lowest BCUT2D eigenvalue weighted by Gasteiger charge is -2.37. The van der Waals surface area contributed by atoms with Crippen LogP contribution in [0.1, 0.15) is 59.6 Å². The molecule has 2 aliphatic rings. The van der Waals surface area contributed by atoms with E-state index in [2.05, 4.69) is 20.5 Å². The van der Waals surface area contributed by atoms with Gasteiger partial charge in [-0.05, 0) is 67.5 Å². The van der Waals surface area contributed by atoms with Gasteiger partial charge >= 0.3 is 6.18 Å². The van der Waals surface area contributed by atoms with Crippen LogP contribution in [-0.2, 0) is 16.8 Å². The van der Waals surface area contributed by atoms with Gasteiger partial charge in [-0.15, -0.1) is 0 Å². The molecule has 0 fully saturated rings. The monoisotopic (exact) mass is 496 g/mol. The van der Waals surface area contributed by atoms with Crippen LogP contribution in [0.5, 0.6) is 5.75 Å². The minimum atomic E-state index is -4.18. The molecule has 1 aromatic heterocycles. The second kappa shape index (κ2) is 9.11. The van der Waals surface area contributed by atoms with Crippen molar-refractivity contribution in [3.05, 3.63) is 76.4 Å². The summed E-state index contributed by atoms with van der Waals surface area (Å²) in [6.07, 6.45) is -3.13. The van der Waals surface area contributed by atoms with Gasteiger partial charge in [0.05, 0.1) is 17.7 Å². The molecular formula is C27H27F3N4O2. The van der Waals surface area contributed by atoms with Crippen LogP contribution in [0.15, 0.2) is 42.5 Å². The number of rotatable bonds is 6. The Kier molecular flexibility index (Phi) is 6.10. The minimum Gasteiger partial charge on any atom is -0.494 e. The number of hydrogen-bond donors (Lipinski definition) is 2. The molecule has 1 amide bonds. The molecule has 5 rings (SSSR count). The quantitative estimate of drug-likeness (QED) is 0.447. The standard InChI is InChI=1S/C27H27F3N4O2/c1-16-4-6-18(7-5-16)21-15-26(32-25(35)23(21)24-31-17(2)33-34-24)12-10-19-14-20(8-9-22(19)26)36-13-3-11-27(28,29)30/h4-9,14H,3,10-13,15H2,1-2H3,(H,32,35)(H,31,33,34)/t26-/m0/s1. The smallest absolute Gasteiger partial charge is 0.389 e. The number of amides is 1. The normalized spacial score (nSPS) is 19.5. The molecule has 0 unspecified atom stereocenters. The first-order valence-corrected chi connectivity index (χ1v) is 12.0. The number of nitrogens with zero attached hydrogens (tertiary/aromatic N) is 2. The van der Waals surface area contributed by atoms with E-state index in [1.807, 2.05) is 43.3 Å². The van der Waals surface area contributed by atoms with E-state index in [0.717, 1.165) is 34.2 Å². The number of carbonyl (C=O) groups is 1. The molecule has 1 spiro atoms. The number of aryl methyl sites for hydroxylation is 3. The van der Waals surface area contributed by atoms with Crippen molar-refractivity contribution < 1.29 is 22.7 Å². The van der Waals surface area contributed by atoms with Gasteiger partial charge in [-0.25, -0.2) is 4.98 Å². The minimum absolute atomic E-state index is 0.0000726. The number of carbonyl (C=O) groups excluding carboxylic acids is 1. The lowest BCUT2D eigenvalue weighted by atomic mass is 9.77. The van der Waals surface area contributed by atoms with Gasteiger partial charge in [0.2, 0.25) is 0 Å².